The van der Waals surface area contributed by atoms with Gasteiger partial charge < -0.3 is 5.32 Å². The summed E-state index contributed by atoms with van der Waals surface area (Å²) in [4.78, 5) is 41.1. The number of aliphatic imine (C=N–C) groups is 1. The Morgan fingerprint density at radius 2 is 1.82 bits per heavy atom. The molecule has 33 heavy (non-hydrogen) atoms. The molecule has 0 aliphatic carbocycles. The number of amides is 3. The maximum absolute atomic E-state index is 14.5. The van der Waals surface area contributed by atoms with Crippen LogP contribution in [0.15, 0.2) is 46.3 Å². The van der Waals surface area contributed by atoms with Crippen LogP contribution in [0.3, 0.4) is 0 Å². The zero-order chi connectivity index (χ0) is 24.7. The van der Waals surface area contributed by atoms with E-state index in [1.165, 1.54) is 37.8 Å². The summed E-state index contributed by atoms with van der Waals surface area (Å²) in [7, 11) is -1.22. The fourth-order valence-electron chi connectivity index (χ4n) is 3.18. The normalized spacial score (nSPS) is 14.7. The highest BCUT2D eigenvalue weighted by Crippen LogP contribution is 2.54. The SMILES string of the molecule is CNC(=O)c1ccc(N2C(=O)C(=O)N=C2S(C)(C)c2ccc(C#N)c(C(F)(F)F)c2)cc1F. The Labute approximate surface area is 187 Å². The van der Waals surface area contributed by atoms with Crippen LogP contribution < -0.4 is 10.2 Å². The van der Waals surface area contributed by atoms with Crippen molar-refractivity contribution in [2.75, 3.05) is 24.5 Å². The molecule has 1 heterocycles. The summed E-state index contributed by atoms with van der Waals surface area (Å²) in [6, 6.07) is 7.80. The molecule has 7 nitrogen and oxygen atoms in total. The number of alkyl halides is 3. The molecule has 3 rings (SSSR count). The molecule has 1 aliphatic heterocycles. The summed E-state index contributed by atoms with van der Waals surface area (Å²) < 4.78 is 54.9. The van der Waals surface area contributed by atoms with Crippen molar-refractivity contribution < 1.29 is 31.9 Å². The number of halogens is 4. The van der Waals surface area contributed by atoms with E-state index in [2.05, 4.69) is 10.3 Å². The van der Waals surface area contributed by atoms with Crippen LogP contribution in [0.5, 0.6) is 0 Å². The summed E-state index contributed by atoms with van der Waals surface area (Å²) in [6.45, 7) is 0. The first kappa shape index (κ1) is 23.9. The average molecular weight is 480 g/mol. The second-order valence-corrected chi connectivity index (χ2v) is 10.7. The molecule has 0 unspecified atom stereocenters. The number of rotatable bonds is 3. The number of hydrogen-bond donors (Lipinski definition) is 1. The summed E-state index contributed by atoms with van der Waals surface area (Å²) in [5.41, 5.74) is -2.15. The van der Waals surface area contributed by atoms with E-state index < -0.39 is 50.9 Å². The molecule has 172 valence electrons. The summed E-state index contributed by atoms with van der Waals surface area (Å²) >= 11 is 0. The molecule has 0 aromatic heterocycles. The molecule has 0 spiro atoms. The minimum absolute atomic E-state index is 0.0996. The molecular formula is C21H16F4N4O3S. The van der Waals surface area contributed by atoms with Crippen LogP contribution >= 0.6 is 10.0 Å². The van der Waals surface area contributed by atoms with Crippen LogP contribution in [0.4, 0.5) is 23.2 Å². The zero-order valence-electron chi connectivity index (χ0n) is 17.5. The average Bonchev–Trinajstić information content (AvgIpc) is 3.07. The van der Waals surface area contributed by atoms with Crippen LogP contribution in [0.2, 0.25) is 0 Å². The van der Waals surface area contributed by atoms with Gasteiger partial charge in [0.05, 0.1) is 28.4 Å². The largest absolute Gasteiger partial charge is 0.417 e. The lowest BCUT2D eigenvalue weighted by Crippen LogP contribution is -2.36. The molecule has 2 aromatic carbocycles. The second-order valence-electron chi connectivity index (χ2n) is 7.23. The molecule has 2 aromatic rings. The third-order valence-electron chi connectivity index (χ3n) is 4.92. The Bertz CT molecular complexity index is 1270. The van der Waals surface area contributed by atoms with Crippen molar-refractivity contribution in [3.63, 3.8) is 0 Å². The lowest BCUT2D eigenvalue weighted by Gasteiger charge is -2.36. The second kappa shape index (κ2) is 8.32. The number of carbonyl (C=O) groups excluding carboxylic acids is 3. The molecule has 12 heteroatoms. The molecule has 0 radical (unpaired) electrons. The number of benzene rings is 2. The monoisotopic (exact) mass is 480 g/mol. The smallest absolute Gasteiger partial charge is 0.355 e. The van der Waals surface area contributed by atoms with Gasteiger partial charge in [0.2, 0.25) is 0 Å². The van der Waals surface area contributed by atoms with Gasteiger partial charge in [0.25, 0.3) is 5.91 Å². The van der Waals surface area contributed by atoms with Gasteiger partial charge in [0.1, 0.15) is 5.82 Å². The first-order chi connectivity index (χ1) is 15.3. The molecule has 3 amide bonds. The van der Waals surface area contributed by atoms with Crippen LogP contribution in [0.25, 0.3) is 0 Å². The van der Waals surface area contributed by atoms with Gasteiger partial charge in [-0.1, -0.05) is 0 Å². The van der Waals surface area contributed by atoms with Crippen LogP contribution in [-0.2, 0) is 15.8 Å². The number of amidine groups is 1. The number of carbonyl (C=O) groups is 3. The van der Waals surface area contributed by atoms with Crippen molar-refractivity contribution in [1.29, 1.82) is 5.26 Å². The molecule has 0 atom stereocenters. The van der Waals surface area contributed by atoms with Crippen molar-refractivity contribution in [2.24, 2.45) is 4.99 Å². The Hall–Kier alpha value is -3.72. The summed E-state index contributed by atoms with van der Waals surface area (Å²) in [5, 5.41) is 11.1. The summed E-state index contributed by atoms with van der Waals surface area (Å²) in [5.74, 6) is -3.95. The quantitative estimate of drug-likeness (QED) is 0.537. The van der Waals surface area contributed by atoms with Gasteiger partial charge in [-0.2, -0.15) is 33.5 Å². The van der Waals surface area contributed by atoms with Crippen LogP contribution in [0, 0.1) is 17.1 Å². The van der Waals surface area contributed by atoms with E-state index in [-0.39, 0.29) is 21.3 Å². The first-order valence-electron chi connectivity index (χ1n) is 9.16. The highest BCUT2D eigenvalue weighted by atomic mass is 32.3. The topological polar surface area (TPSA) is 103 Å². The summed E-state index contributed by atoms with van der Waals surface area (Å²) in [6.07, 6.45) is -1.78. The lowest BCUT2D eigenvalue weighted by atomic mass is 10.1. The lowest BCUT2D eigenvalue weighted by molar-refractivity contribution is -0.138. The van der Waals surface area contributed by atoms with E-state index in [0.29, 0.717) is 0 Å². The molecule has 0 saturated carbocycles. The fraction of sp³-hybridized carbons (Fsp3) is 0.190. The van der Waals surface area contributed by atoms with Crippen molar-refractivity contribution in [1.82, 2.24) is 5.32 Å². The number of nitrogens with zero attached hydrogens (tertiary/aromatic N) is 3. The van der Waals surface area contributed by atoms with Crippen LogP contribution in [0.1, 0.15) is 21.5 Å². The molecule has 0 bridgehead atoms. The Morgan fingerprint density at radius 1 is 1.15 bits per heavy atom. The van der Waals surface area contributed by atoms with Crippen molar-refractivity contribution in [2.45, 2.75) is 11.1 Å². The molecule has 0 saturated heterocycles. The Morgan fingerprint density at radius 3 is 2.36 bits per heavy atom. The van der Waals surface area contributed by atoms with Crippen molar-refractivity contribution >= 4 is 38.6 Å². The minimum atomic E-state index is -4.81. The van der Waals surface area contributed by atoms with E-state index in [0.717, 1.165) is 29.2 Å². The third kappa shape index (κ3) is 4.19. The van der Waals surface area contributed by atoms with E-state index in [9.17, 15) is 31.9 Å². The van der Waals surface area contributed by atoms with E-state index >= 15 is 0 Å². The van der Waals surface area contributed by atoms with E-state index in [1.54, 1.807) is 0 Å². The van der Waals surface area contributed by atoms with E-state index in [4.69, 9.17) is 5.26 Å². The van der Waals surface area contributed by atoms with Crippen LogP contribution in [-0.4, -0.2) is 42.4 Å². The number of anilines is 1. The van der Waals surface area contributed by atoms with Gasteiger partial charge >= 0.3 is 18.0 Å². The third-order valence-corrected chi connectivity index (χ3v) is 7.54. The van der Waals surface area contributed by atoms with Gasteiger partial charge in [-0.05, 0) is 53.8 Å². The number of nitriles is 1. The molecule has 1 aliphatic rings. The van der Waals surface area contributed by atoms with E-state index in [1.807, 2.05) is 0 Å². The Balaban J connectivity index is 2.13. The number of hydrogen-bond acceptors (Lipinski definition) is 4. The van der Waals surface area contributed by atoms with Gasteiger partial charge in [-0.25, -0.2) is 4.39 Å². The number of nitrogens with one attached hydrogen (secondary N) is 1. The zero-order valence-corrected chi connectivity index (χ0v) is 18.3. The Kier molecular flexibility index (Phi) is 6.04. The minimum Gasteiger partial charge on any atom is -0.355 e. The first-order valence-corrected chi connectivity index (χ1v) is 11.6. The van der Waals surface area contributed by atoms with Gasteiger partial charge in [-0.15, -0.1) is 0 Å². The van der Waals surface area contributed by atoms with Crippen molar-refractivity contribution in [3.8, 4) is 6.07 Å². The molecule has 1 N–H and O–H groups in total. The maximum atomic E-state index is 14.5. The van der Waals surface area contributed by atoms with Gasteiger partial charge in [0, 0.05) is 7.05 Å². The van der Waals surface area contributed by atoms with Gasteiger partial charge in [0.15, 0.2) is 5.17 Å². The standard InChI is InChI=1S/C21H16F4N4O3S/c1-27-17(30)14-7-5-12(8-16(14)22)29-19(32)18(31)28-20(29)33(2,3)13-6-4-11(10-26)15(9-13)21(23,24)25/h4-9H,1-3H3,(H,27,30). The van der Waals surface area contributed by atoms with Crippen molar-refractivity contribution in [3.05, 3.63) is 58.9 Å². The highest BCUT2D eigenvalue weighted by Gasteiger charge is 2.42. The molecular weight excluding hydrogens is 464 g/mol. The fourth-order valence-corrected chi connectivity index (χ4v) is 5.16. The predicted octanol–water partition coefficient (Wildman–Crippen LogP) is 3.43. The van der Waals surface area contributed by atoms with Gasteiger partial charge in [-0.3, -0.25) is 19.3 Å². The highest BCUT2D eigenvalue weighted by molar-refractivity contribution is 8.44. The molecule has 0 fully saturated rings. The predicted molar refractivity (Wildman–Crippen MR) is 114 cm³/mol. The maximum Gasteiger partial charge on any atom is 0.417 e.